The molecule has 0 amide bonds. The SMILES string of the molecule is Cc1ncccc1-c1nnc(N2CCc3[nH]cnc3[C@@H]2c2cc3cccc(C(F)(F)F)n3n2)o1. The molecule has 0 bridgehead atoms. The van der Waals surface area contributed by atoms with Crippen LogP contribution in [0.3, 0.4) is 0 Å². The lowest BCUT2D eigenvalue weighted by Gasteiger charge is -2.32. The van der Waals surface area contributed by atoms with E-state index in [4.69, 9.17) is 4.42 Å². The molecule has 0 spiro atoms. The third kappa shape index (κ3) is 3.21. The molecule has 0 aromatic carbocycles. The maximum atomic E-state index is 13.6. The second-order valence-electron chi connectivity index (χ2n) is 7.95. The van der Waals surface area contributed by atoms with E-state index in [1.165, 1.54) is 6.07 Å². The first kappa shape index (κ1) is 20.4. The van der Waals surface area contributed by atoms with E-state index in [0.29, 0.717) is 41.3 Å². The number of rotatable bonds is 3. The van der Waals surface area contributed by atoms with Crippen LogP contribution < -0.4 is 4.90 Å². The summed E-state index contributed by atoms with van der Waals surface area (Å²) in [6, 6.07) is 8.80. The highest BCUT2D eigenvalue weighted by atomic mass is 19.4. The third-order valence-corrected chi connectivity index (χ3v) is 5.90. The van der Waals surface area contributed by atoms with Crippen molar-refractivity contribution >= 4 is 11.5 Å². The molecule has 0 fully saturated rings. The average Bonchev–Trinajstić information content (AvgIpc) is 3.56. The van der Waals surface area contributed by atoms with E-state index in [1.54, 1.807) is 30.7 Å². The number of hydrogen-bond acceptors (Lipinski definition) is 7. The second kappa shape index (κ2) is 7.40. The monoisotopic (exact) mass is 466 g/mol. The molecule has 0 radical (unpaired) electrons. The van der Waals surface area contributed by atoms with E-state index in [9.17, 15) is 13.2 Å². The maximum Gasteiger partial charge on any atom is 0.433 e. The molecular weight excluding hydrogens is 449 g/mol. The zero-order chi connectivity index (χ0) is 23.4. The van der Waals surface area contributed by atoms with Gasteiger partial charge in [-0.05, 0) is 37.3 Å². The number of hydrogen-bond donors (Lipinski definition) is 1. The van der Waals surface area contributed by atoms with Gasteiger partial charge < -0.3 is 14.3 Å². The molecule has 5 aromatic heterocycles. The van der Waals surface area contributed by atoms with Crippen LogP contribution in [0, 0.1) is 6.92 Å². The minimum Gasteiger partial charge on any atom is -0.403 e. The van der Waals surface area contributed by atoms with Crippen molar-refractivity contribution in [2.75, 3.05) is 11.4 Å². The smallest absolute Gasteiger partial charge is 0.403 e. The molecule has 9 nitrogen and oxygen atoms in total. The van der Waals surface area contributed by atoms with Crippen molar-refractivity contribution in [1.82, 2.24) is 34.8 Å². The average molecular weight is 466 g/mol. The summed E-state index contributed by atoms with van der Waals surface area (Å²) in [6.07, 6.45) is -0.684. The number of fused-ring (bicyclic) bond motifs is 2. The maximum absolute atomic E-state index is 13.6. The van der Waals surface area contributed by atoms with Gasteiger partial charge >= 0.3 is 12.2 Å². The van der Waals surface area contributed by atoms with Crippen LogP contribution in [0.5, 0.6) is 0 Å². The molecule has 6 rings (SSSR count). The Morgan fingerprint density at radius 3 is 2.82 bits per heavy atom. The highest BCUT2D eigenvalue weighted by molar-refractivity contribution is 5.57. The van der Waals surface area contributed by atoms with Gasteiger partial charge in [-0.2, -0.15) is 18.3 Å². The summed E-state index contributed by atoms with van der Waals surface area (Å²) in [5, 5.41) is 12.7. The van der Waals surface area contributed by atoms with Gasteiger partial charge in [-0.1, -0.05) is 11.2 Å². The Kier molecular flexibility index (Phi) is 4.44. The fourth-order valence-corrected chi connectivity index (χ4v) is 4.32. The summed E-state index contributed by atoms with van der Waals surface area (Å²) in [4.78, 5) is 13.6. The van der Waals surface area contributed by atoms with Crippen LogP contribution >= 0.6 is 0 Å². The number of aromatic nitrogens is 7. The molecule has 0 saturated carbocycles. The molecule has 1 aliphatic rings. The Balaban J connectivity index is 1.47. The molecule has 172 valence electrons. The lowest BCUT2D eigenvalue weighted by molar-refractivity contribution is -0.142. The molecule has 1 atom stereocenters. The number of halogens is 3. The van der Waals surface area contributed by atoms with Gasteiger partial charge in [-0.15, -0.1) is 5.10 Å². The summed E-state index contributed by atoms with van der Waals surface area (Å²) < 4.78 is 47.6. The van der Waals surface area contributed by atoms with Gasteiger partial charge in [-0.3, -0.25) is 4.98 Å². The van der Waals surface area contributed by atoms with Gasteiger partial charge in [0.1, 0.15) is 11.7 Å². The van der Waals surface area contributed by atoms with Crippen molar-refractivity contribution in [2.45, 2.75) is 25.6 Å². The molecule has 0 saturated heterocycles. The summed E-state index contributed by atoms with van der Waals surface area (Å²) in [5.74, 6) is 0.307. The van der Waals surface area contributed by atoms with Crippen molar-refractivity contribution in [1.29, 1.82) is 0 Å². The zero-order valence-electron chi connectivity index (χ0n) is 17.8. The van der Waals surface area contributed by atoms with Gasteiger partial charge in [0, 0.05) is 30.6 Å². The minimum absolute atomic E-state index is 0.227. The van der Waals surface area contributed by atoms with E-state index in [2.05, 4.69) is 30.2 Å². The normalized spacial score (nSPS) is 16.2. The number of nitrogens with one attached hydrogen (secondary N) is 1. The zero-order valence-corrected chi connectivity index (χ0v) is 17.8. The number of anilines is 1. The highest BCUT2D eigenvalue weighted by Gasteiger charge is 2.38. The lowest BCUT2D eigenvalue weighted by Crippen LogP contribution is -2.37. The van der Waals surface area contributed by atoms with Crippen LogP contribution in [-0.2, 0) is 12.6 Å². The van der Waals surface area contributed by atoms with Crippen LogP contribution in [0.25, 0.3) is 17.0 Å². The summed E-state index contributed by atoms with van der Waals surface area (Å²) >= 11 is 0. The Labute approximate surface area is 190 Å². The molecule has 34 heavy (non-hydrogen) atoms. The molecule has 1 N–H and O–H groups in total. The summed E-state index contributed by atoms with van der Waals surface area (Å²) in [7, 11) is 0. The number of H-pyrrole nitrogens is 1. The Morgan fingerprint density at radius 2 is 2.00 bits per heavy atom. The van der Waals surface area contributed by atoms with Gasteiger partial charge in [0.2, 0.25) is 0 Å². The molecule has 6 heterocycles. The summed E-state index contributed by atoms with van der Waals surface area (Å²) in [6.45, 7) is 2.32. The fraction of sp³-hybridized carbons (Fsp3) is 0.227. The number of alkyl halides is 3. The van der Waals surface area contributed by atoms with Gasteiger partial charge in [0.25, 0.3) is 5.89 Å². The van der Waals surface area contributed by atoms with Crippen molar-refractivity contribution in [3.63, 3.8) is 0 Å². The van der Waals surface area contributed by atoms with E-state index >= 15 is 0 Å². The van der Waals surface area contributed by atoms with Crippen LogP contribution in [0.2, 0.25) is 0 Å². The number of aryl methyl sites for hydroxylation is 1. The molecule has 5 aromatic rings. The molecular formula is C22H17F3N8O. The third-order valence-electron chi connectivity index (χ3n) is 5.90. The summed E-state index contributed by atoms with van der Waals surface area (Å²) in [5.41, 5.74) is 2.85. The topological polar surface area (TPSA) is 101 Å². The Morgan fingerprint density at radius 1 is 1.12 bits per heavy atom. The van der Waals surface area contributed by atoms with Crippen LogP contribution in [0.4, 0.5) is 19.2 Å². The second-order valence-corrected chi connectivity index (χ2v) is 7.95. The first-order chi connectivity index (χ1) is 16.4. The number of imidazole rings is 1. The van der Waals surface area contributed by atoms with Crippen molar-refractivity contribution in [2.24, 2.45) is 0 Å². The van der Waals surface area contributed by atoms with Crippen LogP contribution in [0.15, 0.2) is 53.3 Å². The number of pyridine rings is 2. The van der Waals surface area contributed by atoms with Gasteiger partial charge in [-0.25, -0.2) is 9.50 Å². The largest absolute Gasteiger partial charge is 0.433 e. The molecule has 12 heteroatoms. The first-order valence-corrected chi connectivity index (χ1v) is 10.5. The van der Waals surface area contributed by atoms with Crippen LogP contribution in [0.1, 0.15) is 34.5 Å². The number of aromatic amines is 1. The van der Waals surface area contributed by atoms with Crippen molar-refractivity contribution in [3.8, 4) is 11.5 Å². The quantitative estimate of drug-likeness (QED) is 0.429. The van der Waals surface area contributed by atoms with Crippen LogP contribution in [-0.4, -0.2) is 41.3 Å². The molecule has 0 unspecified atom stereocenters. The van der Waals surface area contributed by atoms with Crippen molar-refractivity contribution in [3.05, 3.63) is 77.4 Å². The minimum atomic E-state index is -4.55. The van der Waals surface area contributed by atoms with E-state index in [1.807, 2.05) is 17.9 Å². The first-order valence-electron chi connectivity index (χ1n) is 10.5. The lowest BCUT2D eigenvalue weighted by atomic mass is 10.0. The fourth-order valence-electron chi connectivity index (χ4n) is 4.32. The standard InChI is InChI=1S/C22H17F3N8O/c1-12-14(5-3-8-26-12)20-29-30-21(34-20)32-9-7-15-18(28-11-27-15)19(32)16-10-13-4-2-6-17(22(23,24)25)33(13)31-16/h2-6,8,10-11,19H,7,9H2,1H3,(H,27,28)/t19-/m0/s1. The molecule has 0 aliphatic carbocycles. The molecule has 1 aliphatic heterocycles. The Bertz CT molecular complexity index is 1500. The van der Waals surface area contributed by atoms with Gasteiger partial charge in [0.05, 0.1) is 28.8 Å². The van der Waals surface area contributed by atoms with Gasteiger partial charge in [0.15, 0.2) is 0 Å². The highest BCUT2D eigenvalue weighted by Crippen LogP contribution is 2.38. The van der Waals surface area contributed by atoms with E-state index in [-0.39, 0.29) is 6.01 Å². The predicted octanol–water partition coefficient (Wildman–Crippen LogP) is 3.98. The van der Waals surface area contributed by atoms with E-state index < -0.39 is 17.9 Å². The predicted molar refractivity (Wildman–Crippen MR) is 114 cm³/mol. The Hall–Kier alpha value is -4.22. The van der Waals surface area contributed by atoms with Crippen molar-refractivity contribution < 1.29 is 17.6 Å². The van der Waals surface area contributed by atoms with E-state index in [0.717, 1.165) is 22.0 Å². The number of nitrogens with zero attached hydrogens (tertiary/aromatic N) is 7.